The summed E-state index contributed by atoms with van der Waals surface area (Å²) in [6, 6.07) is 60.4. The summed E-state index contributed by atoms with van der Waals surface area (Å²) in [6.45, 7) is 9.64. The van der Waals surface area contributed by atoms with E-state index < -0.39 is 0 Å². The van der Waals surface area contributed by atoms with Crippen LogP contribution in [0.25, 0.3) is 105 Å². The van der Waals surface area contributed by atoms with E-state index >= 15 is 0 Å². The number of nitrogens with zero attached hydrogens (tertiary/aromatic N) is 4. The van der Waals surface area contributed by atoms with Crippen LogP contribution in [-0.2, 0) is 10.8 Å². The molecular weight excluding hydrogens is 757 g/mol. The van der Waals surface area contributed by atoms with Gasteiger partial charge in [0, 0.05) is 43.9 Å². The number of benzene rings is 8. The average Bonchev–Trinajstić information content (AvgIpc) is 3.85. The van der Waals surface area contributed by atoms with Gasteiger partial charge in [-0.3, -0.25) is 0 Å². The molecule has 298 valence electrons. The minimum absolute atomic E-state index is 0.0978. The Balaban J connectivity index is 1.05. The third kappa shape index (κ3) is 5.79. The first-order valence-corrected chi connectivity index (χ1v) is 21.6. The molecule has 0 spiro atoms. The maximum absolute atomic E-state index is 6.21. The molecule has 0 unspecified atom stereocenters. The molecule has 62 heavy (non-hydrogen) atoms. The molecule has 0 aliphatic heterocycles. The van der Waals surface area contributed by atoms with Gasteiger partial charge in [0.1, 0.15) is 11.2 Å². The molecule has 3 aromatic heterocycles. The Kier molecular flexibility index (Phi) is 7.98. The van der Waals surface area contributed by atoms with E-state index in [1.54, 1.807) is 0 Å². The summed E-state index contributed by atoms with van der Waals surface area (Å²) in [7, 11) is 0. The van der Waals surface area contributed by atoms with E-state index in [0.717, 1.165) is 66.2 Å². The number of furan rings is 1. The third-order valence-corrected chi connectivity index (χ3v) is 13.5. The van der Waals surface area contributed by atoms with E-state index in [2.05, 4.69) is 166 Å². The highest BCUT2D eigenvalue weighted by molar-refractivity contribution is 6.10. The highest BCUT2D eigenvalue weighted by atomic mass is 16.3. The summed E-state index contributed by atoms with van der Waals surface area (Å²) in [6.07, 6.45) is 2.36. The highest BCUT2D eigenvalue weighted by Crippen LogP contribution is 2.49. The molecule has 0 atom stereocenters. The molecule has 8 aromatic carbocycles. The minimum Gasteiger partial charge on any atom is -0.456 e. The van der Waals surface area contributed by atoms with Crippen LogP contribution in [0.3, 0.4) is 0 Å². The van der Waals surface area contributed by atoms with Crippen LogP contribution in [0.15, 0.2) is 174 Å². The Morgan fingerprint density at radius 1 is 0.419 bits per heavy atom. The van der Waals surface area contributed by atoms with E-state index in [9.17, 15) is 0 Å². The van der Waals surface area contributed by atoms with Crippen LogP contribution >= 0.6 is 0 Å². The normalized spacial score (nSPS) is 14.6. The molecule has 0 N–H and O–H groups in total. The van der Waals surface area contributed by atoms with Gasteiger partial charge in [-0.1, -0.05) is 137 Å². The van der Waals surface area contributed by atoms with Gasteiger partial charge in [0.15, 0.2) is 17.5 Å². The van der Waals surface area contributed by atoms with E-state index in [1.807, 2.05) is 36.4 Å². The molecule has 0 bridgehead atoms. The van der Waals surface area contributed by atoms with Crippen LogP contribution in [0.4, 0.5) is 0 Å². The van der Waals surface area contributed by atoms with Crippen molar-refractivity contribution in [3.05, 3.63) is 181 Å². The lowest BCUT2D eigenvalue weighted by molar-refractivity contribution is 0.332. The van der Waals surface area contributed by atoms with E-state index in [4.69, 9.17) is 19.4 Å². The van der Waals surface area contributed by atoms with Gasteiger partial charge in [-0.2, -0.15) is 0 Å². The molecule has 11 aromatic rings. The molecule has 5 heteroatoms. The molecule has 5 nitrogen and oxygen atoms in total. The SMILES string of the molecule is CC1(C)CCC(C)(C)c2cc3c(cc21)c1ccccc1n3-c1ccc2ccc(-c3nc(-c4ccc5oc6ccccc6c5c4)nc(-c4ccccc4-c4ccccc4)n3)cc2c1. The Morgan fingerprint density at radius 3 is 1.84 bits per heavy atom. The molecule has 0 saturated heterocycles. The number of hydrogen-bond donors (Lipinski definition) is 0. The average molecular weight is 801 g/mol. The molecule has 1 aliphatic carbocycles. The zero-order chi connectivity index (χ0) is 41.7. The molecule has 12 rings (SSSR count). The van der Waals surface area contributed by atoms with E-state index in [1.165, 1.54) is 45.8 Å². The van der Waals surface area contributed by atoms with Crippen LogP contribution in [0.1, 0.15) is 51.7 Å². The fraction of sp³-hybridized carbons (Fsp3) is 0.140. The van der Waals surface area contributed by atoms with Gasteiger partial charge in [0.2, 0.25) is 0 Å². The van der Waals surface area contributed by atoms with Crippen LogP contribution in [-0.4, -0.2) is 19.5 Å². The summed E-state index contributed by atoms with van der Waals surface area (Å²) in [5.41, 5.74) is 13.4. The number of para-hydroxylation sites is 2. The van der Waals surface area contributed by atoms with Crippen molar-refractivity contribution in [3.63, 3.8) is 0 Å². The van der Waals surface area contributed by atoms with Crippen LogP contribution in [0, 0.1) is 0 Å². The van der Waals surface area contributed by atoms with Gasteiger partial charge in [-0.05, 0) is 117 Å². The largest absolute Gasteiger partial charge is 0.456 e. The van der Waals surface area contributed by atoms with E-state index in [-0.39, 0.29) is 10.8 Å². The fourth-order valence-electron chi connectivity index (χ4n) is 9.99. The second-order valence-corrected chi connectivity index (χ2v) is 18.3. The minimum atomic E-state index is 0.0978. The number of aromatic nitrogens is 4. The van der Waals surface area contributed by atoms with E-state index in [0.29, 0.717) is 17.5 Å². The van der Waals surface area contributed by atoms with Crippen molar-refractivity contribution in [3.8, 4) is 51.0 Å². The van der Waals surface area contributed by atoms with Gasteiger partial charge < -0.3 is 8.98 Å². The van der Waals surface area contributed by atoms with Crippen molar-refractivity contribution in [1.82, 2.24) is 19.5 Å². The van der Waals surface area contributed by atoms with Gasteiger partial charge >= 0.3 is 0 Å². The lowest BCUT2D eigenvalue weighted by atomic mass is 9.63. The van der Waals surface area contributed by atoms with Crippen molar-refractivity contribution < 1.29 is 4.42 Å². The summed E-state index contributed by atoms with van der Waals surface area (Å²) in [4.78, 5) is 15.7. The Labute approximate surface area is 360 Å². The maximum Gasteiger partial charge on any atom is 0.164 e. The van der Waals surface area contributed by atoms with Gasteiger partial charge in [0.05, 0.1) is 11.0 Å². The quantitative estimate of drug-likeness (QED) is 0.174. The summed E-state index contributed by atoms with van der Waals surface area (Å²) < 4.78 is 8.67. The monoisotopic (exact) mass is 800 g/mol. The molecule has 1 aliphatic rings. The first kappa shape index (κ1) is 36.5. The fourth-order valence-corrected chi connectivity index (χ4v) is 9.99. The number of fused-ring (bicyclic) bond motifs is 8. The first-order chi connectivity index (χ1) is 30.2. The van der Waals surface area contributed by atoms with Crippen LogP contribution < -0.4 is 0 Å². The molecule has 0 saturated carbocycles. The Bertz CT molecular complexity index is 3590. The topological polar surface area (TPSA) is 56.7 Å². The lowest BCUT2D eigenvalue weighted by Gasteiger charge is -2.42. The van der Waals surface area contributed by atoms with Crippen LogP contribution in [0.5, 0.6) is 0 Å². The molecule has 0 radical (unpaired) electrons. The molecule has 3 heterocycles. The maximum atomic E-state index is 6.21. The highest BCUT2D eigenvalue weighted by Gasteiger charge is 2.38. The van der Waals surface area contributed by atoms with Gasteiger partial charge in [-0.25, -0.2) is 15.0 Å². The smallest absolute Gasteiger partial charge is 0.164 e. The molecule has 0 amide bonds. The Morgan fingerprint density at radius 2 is 1.03 bits per heavy atom. The second-order valence-electron chi connectivity index (χ2n) is 18.3. The van der Waals surface area contributed by atoms with Crippen molar-refractivity contribution in [1.29, 1.82) is 0 Å². The first-order valence-electron chi connectivity index (χ1n) is 21.6. The van der Waals surface area contributed by atoms with Gasteiger partial charge in [0.25, 0.3) is 0 Å². The zero-order valence-corrected chi connectivity index (χ0v) is 35.3. The summed E-state index contributed by atoms with van der Waals surface area (Å²) in [5.74, 6) is 1.84. The van der Waals surface area contributed by atoms with Crippen molar-refractivity contribution in [2.75, 3.05) is 0 Å². The summed E-state index contributed by atoms with van der Waals surface area (Å²) >= 11 is 0. The number of hydrogen-bond acceptors (Lipinski definition) is 4. The van der Waals surface area contributed by atoms with Crippen molar-refractivity contribution >= 4 is 54.5 Å². The van der Waals surface area contributed by atoms with Crippen molar-refractivity contribution in [2.24, 2.45) is 0 Å². The third-order valence-electron chi connectivity index (χ3n) is 13.5. The standard InChI is InChI=1S/C57H44N4O/c1-56(2)28-29-57(3,4)48-34-50-45(33-47(48)56)42-17-10-12-20-49(42)61(50)40-26-24-35-22-23-37(30-39(35)31-40)53-58-54(38-25-27-52-46(32-38)43-18-11-13-21-51(43)62-52)60-55(59-53)44-19-9-8-16-41(44)36-14-6-5-7-15-36/h5-27,30-34H,28-29H2,1-4H3. The summed E-state index contributed by atoms with van der Waals surface area (Å²) in [5, 5.41) is 6.95. The number of rotatable bonds is 5. The van der Waals surface area contributed by atoms with Crippen LogP contribution in [0.2, 0.25) is 0 Å². The predicted octanol–water partition coefficient (Wildman–Crippen LogP) is 15.0. The predicted molar refractivity (Wildman–Crippen MR) is 256 cm³/mol. The molecular formula is C57H44N4O. The zero-order valence-electron chi connectivity index (χ0n) is 35.3. The second kappa shape index (κ2) is 13.6. The molecule has 0 fully saturated rings. The van der Waals surface area contributed by atoms with Gasteiger partial charge in [-0.15, -0.1) is 0 Å². The van der Waals surface area contributed by atoms with Crippen molar-refractivity contribution in [2.45, 2.75) is 51.4 Å². The lowest BCUT2D eigenvalue weighted by Crippen LogP contribution is -2.33. The Hall–Kier alpha value is -7.37.